The highest BCUT2D eigenvalue weighted by molar-refractivity contribution is 5.30. The van der Waals surface area contributed by atoms with Crippen LogP contribution in [-0.2, 0) is 75.8 Å². The molecular formula is C54H86O21. The highest BCUT2D eigenvalue weighted by atomic mass is 16.8. The molecule has 30 atom stereocenters. The van der Waals surface area contributed by atoms with Gasteiger partial charge in [0.1, 0.15) is 48.8 Å². The first-order chi connectivity index (χ1) is 35.8. The molecule has 0 spiro atoms. The molecule has 8 aliphatic heterocycles. The van der Waals surface area contributed by atoms with Gasteiger partial charge in [-0.2, -0.15) is 0 Å². The van der Waals surface area contributed by atoms with Crippen LogP contribution >= 0.6 is 0 Å². The molecule has 3 aliphatic carbocycles. The number of hydrogen-bond donors (Lipinski definition) is 5. The second kappa shape index (κ2) is 21.3. The lowest BCUT2D eigenvalue weighted by Gasteiger charge is -2.59. The molecule has 21 unspecified atom stereocenters. The maximum atomic E-state index is 11.5. The molecular weight excluding hydrogens is 985 g/mol. The molecule has 428 valence electrons. The van der Waals surface area contributed by atoms with Crippen LogP contribution < -0.4 is 0 Å². The van der Waals surface area contributed by atoms with Crippen molar-refractivity contribution in [3.05, 3.63) is 11.6 Å². The number of methoxy groups -OCH3 is 3. The SMILES string of the molecule is COC1CC(OC2C(C)OC(O[C@H]3CC[C@@]4(C)C(=CC[C@@H]5[C@@H]4CC[C@]4(C)[C@@H]6[C@H]7CO[C@]6(C)O[C@@]54O7)C3)CC2OC)OC(C)C1OC1CC(O)C(OC2CC(OC)C(OC3OC(CO)C(O)C(O)C3O)C(C)O2)C(C)O1. The largest absolute Gasteiger partial charge is 0.394 e. The van der Waals surface area contributed by atoms with Gasteiger partial charge in [0.05, 0.1) is 80.2 Å². The molecule has 2 saturated carbocycles. The summed E-state index contributed by atoms with van der Waals surface area (Å²) in [5, 5.41) is 52.2. The number of hydrogen-bond acceptors (Lipinski definition) is 21. The van der Waals surface area contributed by atoms with E-state index in [-0.39, 0.29) is 54.0 Å². The molecule has 0 aromatic heterocycles. The van der Waals surface area contributed by atoms with Gasteiger partial charge in [-0.25, -0.2) is 0 Å². The topological polar surface area (TPSA) is 249 Å². The van der Waals surface area contributed by atoms with E-state index in [1.807, 2.05) is 13.8 Å². The zero-order valence-electron chi connectivity index (χ0n) is 45.3. The Morgan fingerprint density at radius 2 is 1.16 bits per heavy atom. The van der Waals surface area contributed by atoms with Crippen LogP contribution in [0.4, 0.5) is 0 Å². The third kappa shape index (κ3) is 9.55. The number of fused-ring (bicyclic) bond motifs is 3. The molecule has 8 saturated heterocycles. The number of ether oxygens (including phenoxy) is 16. The molecule has 75 heavy (non-hydrogen) atoms. The van der Waals surface area contributed by atoms with E-state index in [0.29, 0.717) is 31.3 Å². The Bertz CT molecular complexity index is 2010. The quantitative estimate of drug-likeness (QED) is 0.157. The van der Waals surface area contributed by atoms with E-state index in [1.165, 1.54) is 19.1 Å². The maximum absolute atomic E-state index is 11.5. The van der Waals surface area contributed by atoms with Gasteiger partial charge in [0.2, 0.25) is 0 Å². The van der Waals surface area contributed by atoms with Crippen molar-refractivity contribution in [2.75, 3.05) is 34.5 Å². The highest BCUT2D eigenvalue weighted by Gasteiger charge is 2.83. The van der Waals surface area contributed by atoms with E-state index < -0.39 is 135 Å². The minimum Gasteiger partial charge on any atom is -0.394 e. The predicted octanol–water partition coefficient (Wildman–Crippen LogP) is 2.70. The molecule has 11 rings (SSSR count). The van der Waals surface area contributed by atoms with Crippen molar-refractivity contribution in [3.63, 3.8) is 0 Å². The lowest BCUT2D eigenvalue weighted by molar-refractivity contribution is -0.359. The van der Waals surface area contributed by atoms with E-state index in [9.17, 15) is 25.5 Å². The summed E-state index contributed by atoms with van der Waals surface area (Å²) in [7, 11) is 4.83. The number of rotatable bonds is 14. The lowest BCUT2D eigenvalue weighted by atomic mass is 9.48. The third-order valence-electron chi connectivity index (χ3n) is 20.0. The van der Waals surface area contributed by atoms with Crippen molar-refractivity contribution < 1.29 is 101 Å². The average Bonchev–Trinajstić information content (AvgIpc) is 3.87. The molecule has 21 nitrogen and oxygen atoms in total. The summed E-state index contributed by atoms with van der Waals surface area (Å²) in [4.78, 5) is 0. The zero-order chi connectivity index (χ0) is 53.1. The average molecular weight is 1070 g/mol. The minimum atomic E-state index is -1.60. The molecule has 5 N–H and O–H groups in total. The van der Waals surface area contributed by atoms with Gasteiger partial charge in [-0.15, -0.1) is 0 Å². The summed E-state index contributed by atoms with van der Waals surface area (Å²) in [5.41, 5.74) is 1.51. The van der Waals surface area contributed by atoms with Gasteiger partial charge >= 0.3 is 0 Å². The van der Waals surface area contributed by atoms with Gasteiger partial charge in [-0.05, 0) is 84.5 Å². The van der Waals surface area contributed by atoms with Crippen LogP contribution in [0.1, 0.15) is 113 Å². The van der Waals surface area contributed by atoms with Crippen LogP contribution in [0.25, 0.3) is 0 Å². The summed E-state index contributed by atoms with van der Waals surface area (Å²) in [5.74, 6) is -0.0949. The van der Waals surface area contributed by atoms with Gasteiger partial charge in [0.15, 0.2) is 43.0 Å². The molecule has 0 radical (unpaired) electrons. The van der Waals surface area contributed by atoms with E-state index in [2.05, 4.69) is 26.8 Å². The fraction of sp³-hybridized carbons (Fsp3) is 0.963. The highest BCUT2D eigenvalue weighted by Crippen LogP contribution is 2.76. The van der Waals surface area contributed by atoms with Crippen molar-refractivity contribution >= 4 is 0 Å². The van der Waals surface area contributed by atoms with Crippen molar-refractivity contribution in [1.82, 2.24) is 0 Å². The van der Waals surface area contributed by atoms with Crippen LogP contribution in [0.15, 0.2) is 11.6 Å². The van der Waals surface area contributed by atoms with E-state index in [0.717, 1.165) is 32.1 Å². The molecule has 2 bridgehead atoms. The van der Waals surface area contributed by atoms with Crippen LogP contribution in [0.5, 0.6) is 0 Å². The van der Waals surface area contributed by atoms with E-state index in [4.69, 9.17) is 75.8 Å². The Morgan fingerprint density at radius 3 is 1.72 bits per heavy atom. The first-order valence-electron chi connectivity index (χ1n) is 27.9. The van der Waals surface area contributed by atoms with Gasteiger partial charge in [-0.3, -0.25) is 0 Å². The standard InChI is InChI=1S/C54H86O21/c1-24-45(70-40-21-35(62-10)48(27(4)67-40)73-50-44(59)43(58)42(57)36(22-55)69-50)32(56)18-38(64-24)71-46-26(3)66-41(20-34(46)61-9)72-47-25(2)65-39(19-33(47)60-8)68-29-13-15-51(5)28(17-29)11-12-31-30(51)14-16-52(6)49-37-23-63-53(49,7)75-54(31,52)74-37/h11,24-27,29-50,55-59H,12-23H2,1-10H3/t24?,25?,26?,27?,29-,30-,31+,32?,33?,34?,35?,36?,37+,38?,39?,40?,41?,42?,43?,44?,45?,46?,47?,48?,49-,50?,51-,52+,53+,54-/m0/s1. The molecule has 21 heteroatoms. The van der Waals surface area contributed by atoms with Crippen LogP contribution in [-0.4, -0.2) is 213 Å². The Hall–Kier alpha value is -1.10. The normalized spacial score (nSPS) is 56.5. The van der Waals surface area contributed by atoms with Crippen LogP contribution in [0.3, 0.4) is 0 Å². The maximum Gasteiger partial charge on any atom is 0.187 e. The van der Waals surface area contributed by atoms with Gasteiger partial charge in [0.25, 0.3) is 0 Å². The van der Waals surface area contributed by atoms with Crippen LogP contribution in [0.2, 0.25) is 0 Å². The van der Waals surface area contributed by atoms with Crippen molar-refractivity contribution in [2.24, 2.45) is 28.6 Å². The zero-order valence-corrected chi connectivity index (χ0v) is 45.3. The summed E-state index contributed by atoms with van der Waals surface area (Å²) in [6.07, 6.45) is -7.07. The smallest absolute Gasteiger partial charge is 0.187 e. The van der Waals surface area contributed by atoms with Crippen molar-refractivity contribution in [3.8, 4) is 0 Å². The van der Waals surface area contributed by atoms with Crippen molar-refractivity contribution in [2.45, 2.75) is 266 Å². The molecule has 11 aliphatic rings. The monoisotopic (exact) mass is 1070 g/mol. The minimum absolute atomic E-state index is 0.0286. The first kappa shape index (κ1) is 55.8. The summed E-state index contributed by atoms with van der Waals surface area (Å²) >= 11 is 0. The van der Waals surface area contributed by atoms with Gasteiger partial charge < -0.3 is 101 Å². The molecule has 0 aromatic carbocycles. The predicted molar refractivity (Wildman–Crippen MR) is 258 cm³/mol. The fourth-order valence-electron chi connectivity index (χ4n) is 16.1. The molecule has 0 amide bonds. The lowest BCUT2D eigenvalue weighted by Crippen LogP contribution is -2.62. The Kier molecular flexibility index (Phi) is 15.9. The second-order valence-corrected chi connectivity index (χ2v) is 24.3. The number of aliphatic hydroxyl groups excluding tert-OH is 5. The first-order valence-corrected chi connectivity index (χ1v) is 27.9. The van der Waals surface area contributed by atoms with E-state index >= 15 is 0 Å². The number of aliphatic hydroxyl groups is 5. The van der Waals surface area contributed by atoms with Crippen LogP contribution in [0, 0.1) is 28.6 Å². The van der Waals surface area contributed by atoms with Crippen molar-refractivity contribution in [1.29, 1.82) is 0 Å². The Balaban J connectivity index is 0.645. The number of allylic oxidation sites excluding steroid dienone is 1. The summed E-state index contributed by atoms with van der Waals surface area (Å²) in [6.45, 7) is 14.5. The van der Waals surface area contributed by atoms with Gasteiger partial charge in [0, 0.05) is 58.3 Å². The third-order valence-corrected chi connectivity index (χ3v) is 20.0. The Morgan fingerprint density at radius 1 is 0.613 bits per heavy atom. The van der Waals surface area contributed by atoms with Gasteiger partial charge in [-0.1, -0.05) is 25.5 Å². The summed E-state index contributed by atoms with van der Waals surface area (Å²) in [6, 6.07) is 0. The molecule has 10 fully saturated rings. The van der Waals surface area contributed by atoms with E-state index in [1.54, 1.807) is 28.1 Å². The fourth-order valence-corrected chi connectivity index (χ4v) is 16.1. The summed E-state index contributed by atoms with van der Waals surface area (Å²) < 4.78 is 101. The molecule has 0 aromatic rings. The molecule has 8 heterocycles. The second-order valence-electron chi connectivity index (χ2n) is 24.3. The Labute approximate surface area is 440 Å².